The standard InChI is InChI=1S/C14H22O7/c1-9(2)13(18)20-8-12(7-16)21-14(19)10(3)4-5-11(17)6-15/h4,11-12,15-17H,1,5-8H2,2-3H3. The molecule has 0 aromatic heterocycles. The Bertz CT molecular complexity index is 400. The summed E-state index contributed by atoms with van der Waals surface area (Å²) in [6.07, 6.45) is -0.409. The van der Waals surface area contributed by atoms with Crippen LogP contribution in [-0.2, 0) is 19.1 Å². The number of aliphatic hydroxyl groups is 3. The molecule has 21 heavy (non-hydrogen) atoms. The van der Waals surface area contributed by atoms with Crippen LogP contribution in [0.3, 0.4) is 0 Å². The van der Waals surface area contributed by atoms with Crippen molar-refractivity contribution in [1.29, 1.82) is 0 Å². The first kappa shape index (κ1) is 19.3. The lowest BCUT2D eigenvalue weighted by molar-refractivity contribution is -0.156. The Morgan fingerprint density at radius 2 is 1.81 bits per heavy atom. The van der Waals surface area contributed by atoms with E-state index >= 15 is 0 Å². The minimum absolute atomic E-state index is 0.103. The molecule has 3 N–H and O–H groups in total. The third-order valence-electron chi connectivity index (χ3n) is 2.45. The first-order chi connectivity index (χ1) is 9.81. The zero-order chi connectivity index (χ0) is 16.4. The van der Waals surface area contributed by atoms with E-state index in [1.165, 1.54) is 19.9 Å². The molecule has 0 saturated carbocycles. The van der Waals surface area contributed by atoms with Crippen LogP contribution in [0.4, 0.5) is 0 Å². The Labute approximate surface area is 123 Å². The van der Waals surface area contributed by atoms with Crippen molar-refractivity contribution in [3.63, 3.8) is 0 Å². The predicted molar refractivity (Wildman–Crippen MR) is 74.2 cm³/mol. The third-order valence-corrected chi connectivity index (χ3v) is 2.45. The second-order valence-corrected chi connectivity index (χ2v) is 4.55. The maximum Gasteiger partial charge on any atom is 0.333 e. The lowest BCUT2D eigenvalue weighted by Crippen LogP contribution is -2.29. The van der Waals surface area contributed by atoms with Crippen LogP contribution < -0.4 is 0 Å². The van der Waals surface area contributed by atoms with Crippen molar-refractivity contribution in [2.24, 2.45) is 0 Å². The van der Waals surface area contributed by atoms with E-state index in [1.54, 1.807) is 0 Å². The normalized spacial score (nSPS) is 14.2. The van der Waals surface area contributed by atoms with Crippen LogP contribution in [-0.4, -0.2) is 59.3 Å². The van der Waals surface area contributed by atoms with Gasteiger partial charge in [-0.25, -0.2) is 9.59 Å². The highest BCUT2D eigenvalue weighted by atomic mass is 16.6. The molecule has 0 rings (SSSR count). The average Bonchev–Trinajstić information content (AvgIpc) is 2.47. The molecule has 0 heterocycles. The summed E-state index contributed by atoms with van der Waals surface area (Å²) in [5, 5.41) is 26.9. The molecular formula is C14H22O7. The number of ether oxygens (including phenoxy) is 2. The number of hydrogen-bond donors (Lipinski definition) is 3. The summed E-state index contributed by atoms with van der Waals surface area (Å²) in [6.45, 7) is 5.16. The van der Waals surface area contributed by atoms with E-state index in [2.05, 4.69) is 6.58 Å². The van der Waals surface area contributed by atoms with Crippen molar-refractivity contribution in [2.45, 2.75) is 32.5 Å². The molecule has 0 amide bonds. The van der Waals surface area contributed by atoms with Gasteiger partial charge in [0.05, 0.1) is 19.3 Å². The van der Waals surface area contributed by atoms with Crippen LogP contribution in [0.15, 0.2) is 23.8 Å². The van der Waals surface area contributed by atoms with Gasteiger partial charge in [-0.1, -0.05) is 12.7 Å². The van der Waals surface area contributed by atoms with Gasteiger partial charge in [-0.3, -0.25) is 0 Å². The summed E-state index contributed by atoms with van der Waals surface area (Å²) >= 11 is 0. The summed E-state index contributed by atoms with van der Waals surface area (Å²) < 4.78 is 9.73. The lowest BCUT2D eigenvalue weighted by Gasteiger charge is -2.16. The molecule has 120 valence electrons. The summed E-state index contributed by atoms with van der Waals surface area (Å²) in [6, 6.07) is 0. The van der Waals surface area contributed by atoms with Crippen molar-refractivity contribution >= 4 is 11.9 Å². The molecule has 0 radical (unpaired) electrons. The van der Waals surface area contributed by atoms with Gasteiger partial charge < -0.3 is 24.8 Å². The van der Waals surface area contributed by atoms with Gasteiger partial charge in [0.1, 0.15) is 6.61 Å². The number of rotatable bonds is 9. The molecule has 0 aliphatic rings. The first-order valence-corrected chi connectivity index (χ1v) is 6.41. The maximum absolute atomic E-state index is 11.7. The molecule has 7 heteroatoms. The van der Waals surface area contributed by atoms with Gasteiger partial charge in [0.25, 0.3) is 0 Å². The number of hydrogen-bond acceptors (Lipinski definition) is 7. The minimum atomic E-state index is -0.980. The number of aliphatic hydroxyl groups excluding tert-OH is 3. The molecule has 0 aliphatic carbocycles. The second-order valence-electron chi connectivity index (χ2n) is 4.55. The van der Waals surface area contributed by atoms with Crippen LogP contribution in [0.2, 0.25) is 0 Å². The van der Waals surface area contributed by atoms with Gasteiger partial charge >= 0.3 is 11.9 Å². The van der Waals surface area contributed by atoms with Gasteiger partial charge in [0.15, 0.2) is 6.10 Å². The fourth-order valence-electron chi connectivity index (χ4n) is 1.13. The van der Waals surface area contributed by atoms with Gasteiger partial charge in [-0.05, 0) is 20.3 Å². The van der Waals surface area contributed by atoms with Crippen LogP contribution >= 0.6 is 0 Å². The Hall–Kier alpha value is -1.70. The molecule has 0 spiro atoms. The molecule has 0 fully saturated rings. The van der Waals surface area contributed by atoms with E-state index in [9.17, 15) is 9.59 Å². The number of carbonyl (C=O) groups is 2. The Morgan fingerprint density at radius 3 is 2.29 bits per heavy atom. The van der Waals surface area contributed by atoms with Crippen molar-refractivity contribution in [3.8, 4) is 0 Å². The van der Waals surface area contributed by atoms with Crippen LogP contribution in [0.25, 0.3) is 0 Å². The number of carbonyl (C=O) groups excluding carboxylic acids is 2. The lowest BCUT2D eigenvalue weighted by atomic mass is 10.2. The zero-order valence-electron chi connectivity index (χ0n) is 12.2. The maximum atomic E-state index is 11.7. The monoisotopic (exact) mass is 302 g/mol. The molecular weight excluding hydrogens is 280 g/mol. The van der Waals surface area contributed by atoms with E-state index in [4.69, 9.17) is 24.8 Å². The smallest absolute Gasteiger partial charge is 0.333 e. The number of esters is 2. The van der Waals surface area contributed by atoms with Crippen molar-refractivity contribution < 1.29 is 34.4 Å². The van der Waals surface area contributed by atoms with Crippen molar-refractivity contribution in [2.75, 3.05) is 19.8 Å². The molecule has 2 atom stereocenters. The molecule has 0 aromatic carbocycles. The highest BCUT2D eigenvalue weighted by Crippen LogP contribution is 2.05. The molecule has 0 saturated heterocycles. The van der Waals surface area contributed by atoms with Gasteiger partial charge in [0, 0.05) is 11.1 Å². The Kier molecular flexibility index (Phi) is 9.27. The third kappa shape index (κ3) is 8.23. The van der Waals surface area contributed by atoms with E-state index in [0.717, 1.165) is 0 Å². The quantitative estimate of drug-likeness (QED) is 0.396. The molecule has 0 aliphatic heterocycles. The highest BCUT2D eigenvalue weighted by Gasteiger charge is 2.17. The summed E-state index contributed by atoms with van der Waals surface area (Å²) in [5.74, 6) is -1.34. The van der Waals surface area contributed by atoms with Gasteiger partial charge in [-0.15, -0.1) is 0 Å². The predicted octanol–water partition coefficient (Wildman–Crippen LogP) is -0.301. The van der Waals surface area contributed by atoms with E-state index in [1.807, 2.05) is 0 Å². The summed E-state index contributed by atoms with van der Waals surface area (Å²) in [5.41, 5.74) is 0.416. The Balaban J connectivity index is 4.37. The first-order valence-electron chi connectivity index (χ1n) is 6.41. The van der Waals surface area contributed by atoms with Crippen molar-refractivity contribution in [3.05, 3.63) is 23.8 Å². The fraction of sp³-hybridized carbons (Fsp3) is 0.571. The van der Waals surface area contributed by atoms with Crippen LogP contribution in [0.5, 0.6) is 0 Å². The van der Waals surface area contributed by atoms with E-state index in [0.29, 0.717) is 0 Å². The molecule has 0 bridgehead atoms. The molecule has 2 unspecified atom stereocenters. The topological polar surface area (TPSA) is 113 Å². The Morgan fingerprint density at radius 1 is 1.19 bits per heavy atom. The summed E-state index contributed by atoms with van der Waals surface area (Å²) in [4.78, 5) is 22.9. The van der Waals surface area contributed by atoms with Gasteiger partial charge in [0.2, 0.25) is 0 Å². The van der Waals surface area contributed by atoms with E-state index < -0.39 is 37.4 Å². The average molecular weight is 302 g/mol. The van der Waals surface area contributed by atoms with E-state index in [-0.39, 0.29) is 24.2 Å². The van der Waals surface area contributed by atoms with Gasteiger partial charge in [-0.2, -0.15) is 0 Å². The van der Waals surface area contributed by atoms with Crippen LogP contribution in [0.1, 0.15) is 20.3 Å². The fourth-order valence-corrected chi connectivity index (χ4v) is 1.13. The minimum Gasteiger partial charge on any atom is -0.458 e. The summed E-state index contributed by atoms with van der Waals surface area (Å²) in [7, 11) is 0. The SMILES string of the molecule is C=C(C)C(=O)OCC(CO)OC(=O)C(C)=CCC(O)CO. The van der Waals surface area contributed by atoms with Crippen LogP contribution in [0, 0.1) is 0 Å². The molecule has 7 nitrogen and oxygen atoms in total. The van der Waals surface area contributed by atoms with Crippen molar-refractivity contribution in [1.82, 2.24) is 0 Å². The zero-order valence-corrected chi connectivity index (χ0v) is 12.2. The highest BCUT2D eigenvalue weighted by molar-refractivity contribution is 5.88. The second kappa shape index (κ2) is 10.1. The largest absolute Gasteiger partial charge is 0.458 e. The molecule has 0 aromatic rings.